The van der Waals surface area contributed by atoms with Gasteiger partial charge in [-0.25, -0.2) is 10.2 Å². The molecule has 3 aromatic carbocycles. The lowest BCUT2D eigenvalue weighted by Gasteiger charge is -2.09. The van der Waals surface area contributed by atoms with Crippen LogP contribution in [0.4, 0.5) is 0 Å². The second kappa shape index (κ2) is 12.7. The number of carbonyl (C=O) groups excluding carboxylic acids is 2. The van der Waals surface area contributed by atoms with Gasteiger partial charge in [0.2, 0.25) is 0 Å². The molecule has 3 aromatic rings. The van der Waals surface area contributed by atoms with E-state index < -0.39 is 11.9 Å². The Labute approximate surface area is 205 Å². The Morgan fingerprint density at radius 3 is 2.37 bits per heavy atom. The van der Waals surface area contributed by atoms with Crippen molar-refractivity contribution in [3.05, 3.63) is 95.6 Å². The molecule has 35 heavy (non-hydrogen) atoms. The Bertz CT molecular complexity index is 1190. The zero-order chi connectivity index (χ0) is 25.0. The molecule has 0 aliphatic rings. The number of ether oxygens (including phenoxy) is 3. The van der Waals surface area contributed by atoms with Crippen LogP contribution in [0.3, 0.4) is 0 Å². The topological polar surface area (TPSA) is 86.2 Å². The van der Waals surface area contributed by atoms with E-state index in [2.05, 4.69) is 24.4 Å². The quantitative estimate of drug-likeness (QED) is 0.148. The summed E-state index contributed by atoms with van der Waals surface area (Å²) in [5.41, 5.74) is 5.15. The van der Waals surface area contributed by atoms with Gasteiger partial charge in [0.15, 0.2) is 18.1 Å². The highest BCUT2D eigenvalue weighted by Crippen LogP contribution is 2.28. The van der Waals surface area contributed by atoms with Crippen LogP contribution in [-0.4, -0.2) is 31.8 Å². The molecule has 7 heteroatoms. The minimum Gasteiger partial charge on any atom is -0.493 e. The number of carbonyl (C=O) groups is 2. The standard InChI is InChI=1S/C28H28N2O5/c1-20(2)23-11-13-24(14-12-23)34-19-27(31)30-29-18-22-9-15-25(26(17-22)33-3)35-28(32)16-10-21-7-5-4-6-8-21/h4-18,20H,19H2,1-3H3,(H,30,31)/b16-10+,29-18-. The summed E-state index contributed by atoms with van der Waals surface area (Å²) in [7, 11) is 1.47. The van der Waals surface area contributed by atoms with Crippen molar-refractivity contribution >= 4 is 24.2 Å². The average molecular weight is 473 g/mol. The molecule has 3 rings (SSSR count). The number of hydrogen-bond donors (Lipinski definition) is 1. The lowest BCUT2D eigenvalue weighted by Crippen LogP contribution is -2.24. The second-order valence-electron chi connectivity index (χ2n) is 7.88. The van der Waals surface area contributed by atoms with E-state index in [-0.39, 0.29) is 12.4 Å². The smallest absolute Gasteiger partial charge is 0.336 e. The van der Waals surface area contributed by atoms with E-state index >= 15 is 0 Å². The Kier molecular flexibility index (Phi) is 9.19. The molecular formula is C28H28N2O5. The van der Waals surface area contributed by atoms with Crippen molar-refractivity contribution in [2.45, 2.75) is 19.8 Å². The molecule has 7 nitrogen and oxygen atoms in total. The van der Waals surface area contributed by atoms with Crippen LogP contribution in [0, 0.1) is 0 Å². The summed E-state index contributed by atoms with van der Waals surface area (Å²) in [6.45, 7) is 4.07. The fraction of sp³-hybridized carbons (Fsp3) is 0.179. The molecule has 1 amide bonds. The molecule has 0 spiro atoms. The molecule has 180 valence electrons. The fourth-order valence-electron chi connectivity index (χ4n) is 3.03. The Balaban J connectivity index is 1.50. The minimum atomic E-state index is -0.528. The number of hydrazone groups is 1. The first-order valence-electron chi connectivity index (χ1n) is 11.1. The summed E-state index contributed by atoms with van der Waals surface area (Å²) in [6, 6.07) is 22.0. The van der Waals surface area contributed by atoms with E-state index in [1.165, 1.54) is 25.0 Å². The zero-order valence-electron chi connectivity index (χ0n) is 19.9. The van der Waals surface area contributed by atoms with Gasteiger partial charge in [0, 0.05) is 6.08 Å². The van der Waals surface area contributed by atoms with Crippen molar-refractivity contribution in [3.63, 3.8) is 0 Å². The molecule has 0 aliphatic carbocycles. The largest absolute Gasteiger partial charge is 0.493 e. The van der Waals surface area contributed by atoms with E-state index in [9.17, 15) is 9.59 Å². The van der Waals surface area contributed by atoms with E-state index in [1.807, 2.05) is 54.6 Å². The lowest BCUT2D eigenvalue weighted by atomic mass is 10.0. The summed E-state index contributed by atoms with van der Waals surface area (Å²) in [5, 5.41) is 3.94. The van der Waals surface area contributed by atoms with E-state index in [1.54, 1.807) is 24.3 Å². The summed E-state index contributed by atoms with van der Waals surface area (Å²) < 4.78 is 16.2. The molecule has 0 atom stereocenters. The number of nitrogens with one attached hydrogen (secondary N) is 1. The number of methoxy groups -OCH3 is 1. The van der Waals surface area contributed by atoms with E-state index in [0.29, 0.717) is 23.0 Å². The molecule has 0 saturated heterocycles. The summed E-state index contributed by atoms with van der Waals surface area (Å²) in [6.07, 6.45) is 4.47. The summed E-state index contributed by atoms with van der Waals surface area (Å²) in [5.74, 6) is 0.750. The van der Waals surface area contributed by atoms with Crippen LogP contribution in [0.15, 0.2) is 84.0 Å². The van der Waals surface area contributed by atoms with Gasteiger partial charge >= 0.3 is 5.97 Å². The lowest BCUT2D eigenvalue weighted by molar-refractivity contribution is -0.129. The van der Waals surface area contributed by atoms with E-state index in [0.717, 1.165) is 5.56 Å². The zero-order valence-corrected chi connectivity index (χ0v) is 19.9. The van der Waals surface area contributed by atoms with Gasteiger partial charge in [-0.15, -0.1) is 0 Å². The average Bonchev–Trinajstić information content (AvgIpc) is 2.88. The first kappa shape index (κ1) is 25.2. The van der Waals surface area contributed by atoms with Crippen LogP contribution >= 0.6 is 0 Å². The first-order chi connectivity index (χ1) is 16.9. The van der Waals surface area contributed by atoms with Crippen molar-refractivity contribution in [2.75, 3.05) is 13.7 Å². The van der Waals surface area contributed by atoms with Crippen molar-refractivity contribution in [3.8, 4) is 17.2 Å². The number of hydrogen-bond acceptors (Lipinski definition) is 6. The van der Waals surface area contributed by atoms with Crippen LogP contribution in [0.1, 0.15) is 36.5 Å². The normalized spacial score (nSPS) is 11.1. The number of nitrogens with zero attached hydrogens (tertiary/aromatic N) is 1. The predicted octanol–water partition coefficient (Wildman–Crippen LogP) is 4.97. The SMILES string of the molecule is COc1cc(/C=N\NC(=O)COc2ccc(C(C)C)cc2)ccc1OC(=O)/C=C/c1ccccc1. The maximum Gasteiger partial charge on any atom is 0.336 e. The Morgan fingerprint density at radius 1 is 0.943 bits per heavy atom. The van der Waals surface area contributed by atoms with Gasteiger partial charge in [0.1, 0.15) is 5.75 Å². The van der Waals surface area contributed by atoms with Gasteiger partial charge in [0.25, 0.3) is 5.91 Å². The Morgan fingerprint density at radius 2 is 1.69 bits per heavy atom. The highest BCUT2D eigenvalue weighted by Gasteiger charge is 2.09. The first-order valence-corrected chi connectivity index (χ1v) is 11.1. The van der Waals surface area contributed by atoms with Crippen molar-refractivity contribution < 1.29 is 23.8 Å². The molecular weight excluding hydrogens is 444 g/mol. The number of esters is 1. The van der Waals surface area contributed by atoms with Crippen molar-refractivity contribution in [1.29, 1.82) is 0 Å². The summed E-state index contributed by atoms with van der Waals surface area (Å²) in [4.78, 5) is 24.2. The highest BCUT2D eigenvalue weighted by molar-refractivity contribution is 5.89. The molecule has 0 saturated carbocycles. The third kappa shape index (κ3) is 8.16. The van der Waals surface area contributed by atoms with Crippen molar-refractivity contribution in [2.24, 2.45) is 5.10 Å². The van der Waals surface area contributed by atoms with Gasteiger partial charge in [-0.2, -0.15) is 5.10 Å². The van der Waals surface area contributed by atoms with Crippen LogP contribution in [0.5, 0.6) is 17.2 Å². The third-order valence-electron chi connectivity index (χ3n) is 4.93. The molecule has 0 fully saturated rings. The minimum absolute atomic E-state index is 0.160. The fourth-order valence-corrected chi connectivity index (χ4v) is 3.03. The summed E-state index contributed by atoms with van der Waals surface area (Å²) >= 11 is 0. The van der Waals surface area contributed by atoms with Crippen molar-refractivity contribution in [1.82, 2.24) is 5.43 Å². The van der Waals surface area contributed by atoms with Gasteiger partial charge in [0.05, 0.1) is 13.3 Å². The molecule has 1 N–H and O–H groups in total. The van der Waals surface area contributed by atoms with Gasteiger partial charge < -0.3 is 14.2 Å². The highest BCUT2D eigenvalue weighted by atomic mass is 16.6. The van der Waals surface area contributed by atoms with Gasteiger partial charge in [-0.3, -0.25) is 4.79 Å². The van der Waals surface area contributed by atoms with Crippen LogP contribution in [0.2, 0.25) is 0 Å². The monoisotopic (exact) mass is 472 g/mol. The third-order valence-corrected chi connectivity index (χ3v) is 4.93. The van der Waals surface area contributed by atoms with Crippen LogP contribution < -0.4 is 19.6 Å². The second-order valence-corrected chi connectivity index (χ2v) is 7.88. The van der Waals surface area contributed by atoms with Crippen LogP contribution in [0.25, 0.3) is 6.08 Å². The molecule has 0 radical (unpaired) electrons. The van der Waals surface area contributed by atoms with Gasteiger partial charge in [-0.1, -0.05) is 56.3 Å². The molecule has 0 aromatic heterocycles. The maximum atomic E-state index is 12.1. The predicted molar refractivity (Wildman–Crippen MR) is 136 cm³/mol. The van der Waals surface area contributed by atoms with Gasteiger partial charge in [-0.05, 0) is 59.0 Å². The molecule has 0 heterocycles. The van der Waals surface area contributed by atoms with Crippen LogP contribution in [-0.2, 0) is 9.59 Å². The Hall–Kier alpha value is -4.39. The molecule has 0 unspecified atom stereocenters. The molecule has 0 aliphatic heterocycles. The number of rotatable bonds is 10. The number of benzene rings is 3. The molecule has 0 bridgehead atoms. The van der Waals surface area contributed by atoms with E-state index in [4.69, 9.17) is 14.2 Å². The number of amides is 1. The maximum absolute atomic E-state index is 12.1.